The molecule has 0 bridgehead atoms. The Morgan fingerprint density at radius 2 is 2.29 bits per heavy atom. The lowest BCUT2D eigenvalue weighted by molar-refractivity contribution is 0.0703. The second kappa shape index (κ2) is 7.19. The van der Waals surface area contributed by atoms with E-state index in [1.54, 1.807) is 11.2 Å². The first-order valence-corrected chi connectivity index (χ1v) is 8.99. The summed E-state index contributed by atoms with van der Waals surface area (Å²) in [7, 11) is 0. The number of piperidine rings is 1. The summed E-state index contributed by atoms with van der Waals surface area (Å²) in [5.41, 5.74) is 0.190. The van der Waals surface area contributed by atoms with Crippen molar-refractivity contribution < 1.29 is 9.18 Å². The monoisotopic (exact) mass is 414 g/mol. The Kier molecular flexibility index (Phi) is 5.20. The number of benzene rings is 1. The van der Waals surface area contributed by atoms with Crippen LogP contribution in [0.15, 0.2) is 22.9 Å². The fraction of sp³-hybridized carbons (Fsp3) is 0.438. The molecule has 128 valence electrons. The Labute approximate surface area is 152 Å². The summed E-state index contributed by atoms with van der Waals surface area (Å²) in [6, 6.07) is 2.60. The average Bonchev–Trinajstić information content (AvgIpc) is 3.06. The molecule has 8 heteroatoms. The van der Waals surface area contributed by atoms with Gasteiger partial charge in [-0.05, 0) is 47.8 Å². The van der Waals surface area contributed by atoms with Crippen LogP contribution in [0.4, 0.5) is 4.39 Å². The average molecular weight is 416 g/mol. The second-order valence-electron chi connectivity index (χ2n) is 5.81. The molecule has 1 saturated heterocycles. The number of rotatable bonds is 3. The van der Waals surface area contributed by atoms with Gasteiger partial charge in [-0.25, -0.2) is 4.39 Å². The largest absolute Gasteiger partial charge is 0.338 e. The van der Waals surface area contributed by atoms with Crippen LogP contribution in [0.3, 0.4) is 0 Å². The van der Waals surface area contributed by atoms with Crippen LogP contribution in [-0.2, 0) is 6.54 Å². The Morgan fingerprint density at radius 1 is 1.50 bits per heavy atom. The standard InChI is InChI=1S/C16H17BrClFN4O/c1-2-22-9-20-21-15(22)10-4-3-5-23(8-10)16(24)11-6-14(19)12(17)7-13(11)18/h6-7,9-10H,2-5,8H2,1H3/t10-/m1/s1. The van der Waals surface area contributed by atoms with Gasteiger partial charge in [-0.3, -0.25) is 4.79 Å². The van der Waals surface area contributed by atoms with Crippen LogP contribution in [0.5, 0.6) is 0 Å². The van der Waals surface area contributed by atoms with Gasteiger partial charge in [0.1, 0.15) is 18.0 Å². The maximum Gasteiger partial charge on any atom is 0.255 e. The molecule has 2 aromatic rings. The SMILES string of the molecule is CCn1cnnc1[C@@H]1CCCN(C(=O)c2cc(F)c(Br)cc2Cl)C1. The molecule has 5 nitrogen and oxygen atoms in total. The van der Waals surface area contributed by atoms with Crippen LogP contribution in [0.2, 0.25) is 5.02 Å². The molecule has 1 aromatic heterocycles. The van der Waals surface area contributed by atoms with Crippen LogP contribution >= 0.6 is 27.5 Å². The summed E-state index contributed by atoms with van der Waals surface area (Å²) < 4.78 is 16.0. The van der Waals surface area contributed by atoms with Crippen LogP contribution in [0, 0.1) is 5.82 Å². The van der Waals surface area contributed by atoms with Crippen molar-refractivity contribution in [2.45, 2.75) is 32.2 Å². The third-order valence-electron chi connectivity index (χ3n) is 4.30. The molecule has 0 N–H and O–H groups in total. The van der Waals surface area contributed by atoms with Gasteiger partial charge in [-0.1, -0.05) is 11.6 Å². The van der Waals surface area contributed by atoms with Crippen molar-refractivity contribution >= 4 is 33.4 Å². The highest BCUT2D eigenvalue weighted by Crippen LogP contribution is 2.29. The van der Waals surface area contributed by atoms with Gasteiger partial charge >= 0.3 is 0 Å². The van der Waals surface area contributed by atoms with Crippen molar-refractivity contribution in [3.63, 3.8) is 0 Å². The zero-order valence-corrected chi connectivity index (χ0v) is 15.5. The second-order valence-corrected chi connectivity index (χ2v) is 7.07. The molecule has 0 radical (unpaired) electrons. The zero-order chi connectivity index (χ0) is 17.3. The molecular weight excluding hydrogens is 399 g/mol. The lowest BCUT2D eigenvalue weighted by Crippen LogP contribution is -2.40. The molecule has 0 unspecified atom stereocenters. The maximum absolute atomic E-state index is 13.8. The Hall–Kier alpha value is -1.47. The number of amides is 1. The number of aromatic nitrogens is 3. The topological polar surface area (TPSA) is 51.0 Å². The number of carbonyl (C=O) groups excluding carboxylic acids is 1. The molecule has 1 fully saturated rings. The lowest BCUT2D eigenvalue weighted by Gasteiger charge is -2.32. The van der Waals surface area contributed by atoms with Gasteiger partial charge in [0.05, 0.1) is 15.1 Å². The molecule has 1 atom stereocenters. The first kappa shape index (κ1) is 17.4. The quantitative estimate of drug-likeness (QED) is 0.715. The van der Waals surface area contributed by atoms with Crippen molar-refractivity contribution in [1.29, 1.82) is 0 Å². The van der Waals surface area contributed by atoms with E-state index in [9.17, 15) is 9.18 Å². The van der Waals surface area contributed by atoms with E-state index in [2.05, 4.69) is 26.1 Å². The minimum absolute atomic E-state index is 0.129. The van der Waals surface area contributed by atoms with E-state index in [0.29, 0.717) is 13.1 Å². The van der Waals surface area contributed by atoms with E-state index in [0.717, 1.165) is 25.2 Å². The highest BCUT2D eigenvalue weighted by Gasteiger charge is 2.29. The van der Waals surface area contributed by atoms with E-state index in [1.165, 1.54) is 12.1 Å². The molecule has 0 aliphatic carbocycles. The number of carbonyl (C=O) groups is 1. The van der Waals surface area contributed by atoms with Crippen molar-refractivity contribution in [3.8, 4) is 0 Å². The van der Waals surface area contributed by atoms with Crippen LogP contribution in [0.1, 0.15) is 41.9 Å². The minimum atomic E-state index is -0.498. The molecule has 1 aliphatic heterocycles. The Balaban J connectivity index is 1.82. The first-order valence-electron chi connectivity index (χ1n) is 7.82. The predicted octanol–water partition coefficient (Wildman–Crippen LogP) is 3.87. The highest BCUT2D eigenvalue weighted by molar-refractivity contribution is 9.10. The van der Waals surface area contributed by atoms with Crippen molar-refractivity contribution in [3.05, 3.63) is 45.2 Å². The van der Waals surface area contributed by atoms with E-state index < -0.39 is 5.82 Å². The fourth-order valence-corrected chi connectivity index (χ4v) is 3.77. The van der Waals surface area contributed by atoms with E-state index in [4.69, 9.17) is 11.6 Å². The van der Waals surface area contributed by atoms with Gasteiger partial charge in [0, 0.05) is 25.6 Å². The normalized spacial score (nSPS) is 18.0. The van der Waals surface area contributed by atoms with Crippen LogP contribution in [-0.4, -0.2) is 38.7 Å². The number of likely N-dealkylation sites (tertiary alicyclic amines) is 1. The molecule has 1 amide bonds. The van der Waals surface area contributed by atoms with E-state index >= 15 is 0 Å². The predicted molar refractivity (Wildman–Crippen MR) is 92.7 cm³/mol. The number of halogens is 3. The summed E-state index contributed by atoms with van der Waals surface area (Å²) in [6.45, 7) is 3.98. The summed E-state index contributed by atoms with van der Waals surface area (Å²) in [5.74, 6) is 0.271. The number of aryl methyl sites for hydroxylation is 1. The molecule has 2 heterocycles. The fourth-order valence-electron chi connectivity index (χ4n) is 3.05. The third kappa shape index (κ3) is 3.32. The zero-order valence-electron chi connectivity index (χ0n) is 13.2. The van der Waals surface area contributed by atoms with Crippen molar-refractivity contribution in [1.82, 2.24) is 19.7 Å². The molecular formula is C16H17BrClFN4O. The van der Waals surface area contributed by atoms with Crippen molar-refractivity contribution in [2.24, 2.45) is 0 Å². The smallest absolute Gasteiger partial charge is 0.255 e. The minimum Gasteiger partial charge on any atom is -0.338 e. The number of nitrogens with zero attached hydrogens (tertiary/aromatic N) is 4. The summed E-state index contributed by atoms with van der Waals surface area (Å²) in [6.07, 6.45) is 3.52. The number of hydrogen-bond donors (Lipinski definition) is 0. The van der Waals surface area contributed by atoms with E-state index in [1.807, 2.05) is 11.5 Å². The first-order chi connectivity index (χ1) is 11.5. The third-order valence-corrected chi connectivity index (χ3v) is 5.22. The number of hydrogen-bond acceptors (Lipinski definition) is 3. The summed E-state index contributed by atoms with van der Waals surface area (Å²) >= 11 is 9.20. The van der Waals surface area contributed by atoms with Crippen molar-refractivity contribution in [2.75, 3.05) is 13.1 Å². The van der Waals surface area contributed by atoms with Gasteiger partial charge in [0.2, 0.25) is 0 Å². The van der Waals surface area contributed by atoms with Gasteiger partial charge in [0.15, 0.2) is 0 Å². The van der Waals surface area contributed by atoms with E-state index in [-0.39, 0.29) is 26.9 Å². The Bertz CT molecular complexity index is 767. The molecule has 24 heavy (non-hydrogen) atoms. The molecule has 1 aliphatic rings. The van der Waals surface area contributed by atoms with Gasteiger partial charge in [-0.2, -0.15) is 0 Å². The lowest BCUT2D eigenvalue weighted by atomic mass is 9.96. The van der Waals surface area contributed by atoms with Crippen LogP contribution in [0.25, 0.3) is 0 Å². The summed E-state index contributed by atoms with van der Waals surface area (Å²) in [4.78, 5) is 14.5. The molecule has 0 spiro atoms. The van der Waals surface area contributed by atoms with Crippen LogP contribution < -0.4 is 0 Å². The van der Waals surface area contributed by atoms with Gasteiger partial charge < -0.3 is 9.47 Å². The molecule has 3 rings (SSSR count). The highest BCUT2D eigenvalue weighted by atomic mass is 79.9. The Morgan fingerprint density at radius 3 is 3.04 bits per heavy atom. The summed E-state index contributed by atoms with van der Waals surface area (Å²) in [5, 5.41) is 8.41. The van der Waals surface area contributed by atoms with Gasteiger partial charge in [0.25, 0.3) is 5.91 Å². The molecule has 0 saturated carbocycles. The maximum atomic E-state index is 13.8. The van der Waals surface area contributed by atoms with Gasteiger partial charge in [-0.15, -0.1) is 10.2 Å². The molecule has 1 aromatic carbocycles.